The second kappa shape index (κ2) is 9.94. The molecule has 0 aliphatic carbocycles. The van der Waals surface area contributed by atoms with Gasteiger partial charge >= 0.3 is 11.9 Å². The fourth-order valence-electron chi connectivity index (χ4n) is 0.500. The van der Waals surface area contributed by atoms with E-state index in [0.29, 0.717) is 0 Å². The van der Waals surface area contributed by atoms with E-state index in [4.69, 9.17) is 19.8 Å². The van der Waals surface area contributed by atoms with E-state index in [1.54, 1.807) is 0 Å². The van der Waals surface area contributed by atoms with Crippen molar-refractivity contribution in [1.29, 1.82) is 0 Å². The monoisotopic (exact) mass is 176 g/mol. The highest BCUT2D eigenvalue weighted by atomic mass is 16.4. The maximum Gasteiger partial charge on any atom is 0.414 e. The number of unbranched alkanes of at least 4 members (excludes halogenated alkanes) is 3. The van der Waals surface area contributed by atoms with Gasteiger partial charge in [0.1, 0.15) is 0 Å². The average Bonchev–Trinajstić information content (AvgIpc) is 2.02. The highest BCUT2D eigenvalue weighted by Gasteiger charge is 2.04. The first-order chi connectivity index (χ1) is 5.56. The average molecular weight is 176 g/mol. The van der Waals surface area contributed by atoms with Crippen molar-refractivity contribution in [1.82, 2.24) is 0 Å². The third-order valence-electron chi connectivity index (χ3n) is 1.14. The fraction of sp³-hybridized carbons (Fsp3) is 0.750. The number of carboxylic acid groups (broad SMARTS) is 2. The summed E-state index contributed by atoms with van der Waals surface area (Å²) in [6, 6.07) is 0. The quantitative estimate of drug-likeness (QED) is 0.507. The van der Waals surface area contributed by atoms with Crippen molar-refractivity contribution in [2.45, 2.75) is 39.5 Å². The predicted octanol–water partition coefficient (Wildman–Crippen LogP) is 1.74. The molecular weight excluding hydrogens is 160 g/mol. The van der Waals surface area contributed by atoms with Crippen LogP contribution in [-0.4, -0.2) is 22.2 Å². The Morgan fingerprint density at radius 1 is 0.917 bits per heavy atom. The third-order valence-corrected chi connectivity index (χ3v) is 1.14. The van der Waals surface area contributed by atoms with Crippen LogP contribution in [0.3, 0.4) is 0 Å². The van der Waals surface area contributed by atoms with Gasteiger partial charge in [0.25, 0.3) is 0 Å². The molecule has 0 saturated heterocycles. The van der Waals surface area contributed by atoms with Gasteiger partial charge in [0.15, 0.2) is 0 Å². The van der Waals surface area contributed by atoms with Crippen molar-refractivity contribution in [3.05, 3.63) is 0 Å². The molecule has 0 unspecified atom stereocenters. The summed E-state index contributed by atoms with van der Waals surface area (Å²) in [5.41, 5.74) is 0. The Balaban J connectivity index is 0. The van der Waals surface area contributed by atoms with Crippen LogP contribution in [0.4, 0.5) is 0 Å². The van der Waals surface area contributed by atoms with Crippen LogP contribution in [0.15, 0.2) is 0 Å². The molecule has 0 spiro atoms. The molecule has 12 heavy (non-hydrogen) atoms. The van der Waals surface area contributed by atoms with Gasteiger partial charge in [-0.05, 0) is 0 Å². The van der Waals surface area contributed by atoms with E-state index in [2.05, 4.69) is 13.8 Å². The molecule has 0 aromatic carbocycles. The van der Waals surface area contributed by atoms with Crippen LogP contribution in [0, 0.1) is 0 Å². The largest absolute Gasteiger partial charge is 0.473 e. The van der Waals surface area contributed by atoms with Gasteiger partial charge in [-0.15, -0.1) is 0 Å². The number of carbonyl (C=O) groups is 2. The second-order valence-corrected chi connectivity index (χ2v) is 2.32. The molecule has 0 aliphatic rings. The van der Waals surface area contributed by atoms with Crippen LogP contribution < -0.4 is 0 Å². The summed E-state index contributed by atoms with van der Waals surface area (Å²) in [5.74, 6) is -3.65. The minimum atomic E-state index is -1.82. The molecule has 4 heteroatoms. The molecule has 0 heterocycles. The first-order valence-electron chi connectivity index (χ1n) is 4.02. The molecule has 4 nitrogen and oxygen atoms in total. The van der Waals surface area contributed by atoms with Crippen molar-refractivity contribution in [3.63, 3.8) is 0 Å². The van der Waals surface area contributed by atoms with Crippen LogP contribution in [0.25, 0.3) is 0 Å². The SMILES string of the molecule is CCCCCC.O=C(O)C(=O)O. The van der Waals surface area contributed by atoms with Crippen LogP contribution in [0.5, 0.6) is 0 Å². The summed E-state index contributed by atoms with van der Waals surface area (Å²) >= 11 is 0. The summed E-state index contributed by atoms with van der Waals surface area (Å²) in [5, 5.41) is 14.8. The molecule has 0 atom stereocenters. The Morgan fingerprint density at radius 3 is 1.25 bits per heavy atom. The zero-order valence-electron chi connectivity index (χ0n) is 7.54. The lowest BCUT2D eigenvalue weighted by Gasteiger charge is -1.86. The smallest absolute Gasteiger partial charge is 0.414 e. The van der Waals surface area contributed by atoms with E-state index in [-0.39, 0.29) is 0 Å². The van der Waals surface area contributed by atoms with Gasteiger partial charge in [-0.3, -0.25) is 0 Å². The first kappa shape index (κ1) is 13.5. The molecule has 0 fully saturated rings. The summed E-state index contributed by atoms with van der Waals surface area (Å²) in [7, 11) is 0. The van der Waals surface area contributed by atoms with Crippen molar-refractivity contribution >= 4 is 11.9 Å². The van der Waals surface area contributed by atoms with E-state index in [9.17, 15) is 0 Å². The topological polar surface area (TPSA) is 74.6 Å². The van der Waals surface area contributed by atoms with Crippen LogP contribution in [-0.2, 0) is 9.59 Å². The standard InChI is InChI=1S/C6H14.C2H2O4/c1-3-5-6-4-2;3-1(4)2(5)6/h3-6H2,1-2H3;(H,3,4)(H,5,6). The van der Waals surface area contributed by atoms with E-state index >= 15 is 0 Å². The number of carboxylic acids is 2. The maximum atomic E-state index is 9.10. The van der Waals surface area contributed by atoms with Gasteiger partial charge in [-0.2, -0.15) is 0 Å². The lowest BCUT2D eigenvalue weighted by Crippen LogP contribution is -2.09. The van der Waals surface area contributed by atoms with E-state index in [1.165, 1.54) is 25.7 Å². The van der Waals surface area contributed by atoms with Crippen molar-refractivity contribution in [3.8, 4) is 0 Å². The van der Waals surface area contributed by atoms with E-state index in [0.717, 1.165) is 0 Å². The zero-order chi connectivity index (χ0) is 9.98. The third kappa shape index (κ3) is 16.0. The molecule has 0 aromatic heterocycles. The zero-order valence-corrected chi connectivity index (χ0v) is 7.54. The molecular formula is C8H16O4. The Labute approximate surface area is 72.2 Å². The summed E-state index contributed by atoms with van der Waals surface area (Å²) < 4.78 is 0. The molecule has 0 bridgehead atoms. The normalized spacial score (nSPS) is 8.17. The minimum absolute atomic E-state index is 1.36. The summed E-state index contributed by atoms with van der Waals surface area (Å²) in [4.78, 5) is 18.2. The molecule has 0 radical (unpaired) electrons. The number of hydrogen-bond donors (Lipinski definition) is 2. The van der Waals surface area contributed by atoms with E-state index in [1.807, 2.05) is 0 Å². The van der Waals surface area contributed by atoms with Gasteiger partial charge in [-0.25, -0.2) is 9.59 Å². The van der Waals surface area contributed by atoms with Crippen molar-refractivity contribution < 1.29 is 19.8 Å². The Bertz CT molecular complexity index is 115. The molecule has 0 aliphatic heterocycles. The highest BCUT2D eigenvalue weighted by molar-refractivity contribution is 6.27. The highest BCUT2D eigenvalue weighted by Crippen LogP contribution is 1.95. The van der Waals surface area contributed by atoms with Crippen LogP contribution in [0.2, 0.25) is 0 Å². The Morgan fingerprint density at radius 2 is 1.17 bits per heavy atom. The molecule has 0 rings (SSSR count). The Hall–Kier alpha value is -1.06. The molecule has 72 valence electrons. The summed E-state index contributed by atoms with van der Waals surface area (Å²) in [6.07, 6.45) is 5.54. The van der Waals surface area contributed by atoms with Gasteiger partial charge in [0.2, 0.25) is 0 Å². The lowest BCUT2D eigenvalue weighted by atomic mass is 10.2. The second-order valence-electron chi connectivity index (χ2n) is 2.32. The number of rotatable bonds is 3. The van der Waals surface area contributed by atoms with Crippen LogP contribution >= 0.6 is 0 Å². The van der Waals surface area contributed by atoms with Crippen molar-refractivity contribution in [2.75, 3.05) is 0 Å². The van der Waals surface area contributed by atoms with Gasteiger partial charge < -0.3 is 10.2 Å². The lowest BCUT2D eigenvalue weighted by molar-refractivity contribution is -0.159. The Kier molecular flexibility index (Phi) is 11.2. The molecule has 0 aromatic rings. The first-order valence-corrected chi connectivity index (χ1v) is 4.02. The number of hydrogen-bond acceptors (Lipinski definition) is 2. The van der Waals surface area contributed by atoms with Gasteiger partial charge in [0.05, 0.1) is 0 Å². The van der Waals surface area contributed by atoms with Crippen molar-refractivity contribution in [2.24, 2.45) is 0 Å². The maximum absolute atomic E-state index is 9.10. The van der Waals surface area contributed by atoms with Gasteiger partial charge in [-0.1, -0.05) is 39.5 Å². The van der Waals surface area contributed by atoms with E-state index < -0.39 is 11.9 Å². The minimum Gasteiger partial charge on any atom is -0.473 e. The van der Waals surface area contributed by atoms with Gasteiger partial charge in [0, 0.05) is 0 Å². The molecule has 0 saturated carbocycles. The molecule has 0 amide bonds. The predicted molar refractivity (Wildman–Crippen MR) is 45.1 cm³/mol. The summed E-state index contributed by atoms with van der Waals surface area (Å²) in [6.45, 7) is 4.46. The molecule has 2 N–H and O–H groups in total. The number of aliphatic carboxylic acids is 2. The van der Waals surface area contributed by atoms with Crippen LogP contribution in [0.1, 0.15) is 39.5 Å². The fourth-order valence-corrected chi connectivity index (χ4v) is 0.500.